The number of rotatable bonds is 5. The van der Waals surface area contributed by atoms with Gasteiger partial charge in [0.2, 0.25) is 0 Å². The molecule has 2 aromatic rings. The van der Waals surface area contributed by atoms with Crippen molar-refractivity contribution >= 4 is 11.6 Å². The Bertz CT molecular complexity index is 505. The van der Waals surface area contributed by atoms with Crippen LogP contribution in [0.1, 0.15) is 19.5 Å². The zero-order chi connectivity index (χ0) is 13.0. The van der Waals surface area contributed by atoms with Gasteiger partial charge < -0.3 is 9.88 Å². The molecule has 0 unspecified atom stereocenters. The number of nitrogens with one attached hydrogen (secondary N) is 1. The number of benzene rings is 1. The number of hydrogen-bond acceptors (Lipinski definition) is 2. The van der Waals surface area contributed by atoms with E-state index < -0.39 is 0 Å². The summed E-state index contributed by atoms with van der Waals surface area (Å²) in [5.41, 5.74) is 2.07. The van der Waals surface area contributed by atoms with E-state index in [2.05, 4.69) is 24.1 Å². The zero-order valence-electron chi connectivity index (χ0n) is 10.7. The fourth-order valence-corrected chi connectivity index (χ4v) is 1.91. The highest BCUT2D eigenvalue weighted by Gasteiger charge is 2.01. The topological polar surface area (TPSA) is 29.9 Å². The van der Waals surface area contributed by atoms with Crippen LogP contribution in [0.5, 0.6) is 0 Å². The Hall–Kier alpha value is -1.32. The van der Waals surface area contributed by atoms with Crippen LogP contribution in [0.15, 0.2) is 36.8 Å². The molecule has 0 amide bonds. The Balaban J connectivity index is 2.02. The third kappa shape index (κ3) is 3.59. The summed E-state index contributed by atoms with van der Waals surface area (Å²) in [6.45, 7) is 6.19. The van der Waals surface area contributed by atoms with E-state index in [1.54, 1.807) is 0 Å². The van der Waals surface area contributed by atoms with Gasteiger partial charge in [0.1, 0.15) is 0 Å². The number of aromatic nitrogens is 2. The molecule has 0 aliphatic heterocycles. The minimum Gasteiger partial charge on any atom is -0.311 e. The zero-order valence-corrected chi connectivity index (χ0v) is 11.5. The molecule has 0 saturated carbocycles. The number of hydrogen-bond donors (Lipinski definition) is 1. The van der Waals surface area contributed by atoms with Crippen molar-refractivity contribution in [3.05, 3.63) is 47.5 Å². The molecule has 4 heteroatoms. The van der Waals surface area contributed by atoms with Crippen LogP contribution in [0.2, 0.25) is 5.02 Å². The summed E-state index contributed by atoms with van der Waals surface area (Å²) in [7, 11) is 0. The number of imidazole rings is 1. The monoisotopic (exact) mass is 263 g/mol. The highest BCUT2D eigenvalue weighted by Crippen LogP contribution is 2.14. The van der Waals surface area contributed by atoms with Crippen LogP contribution in [-0.2, 0) is 6.54 Å². The lowest BCUT2D eigenvalue weighted by molar-refractivity contribution is 0.549. The van der Waals surface area contributed by atoms with E-state index in [0.29, 0.717) is 5.92 Å². The fourth-order valence-electron chi connectivity index (χ4n) is 1.72. The maximum atomic E-state index is 5.97. The second-order valence-electron chi connectivity index (χ2n) is 4.78. The van der Waals surface area contributed by atoms with Crippen LogP contribution in [0, 0.1) is 5.92 Å². The second-order valence-corrected chi connectivity index (χ2v) is 5.21. The van der Waals surface area contributed by atoms with Crippen LogP contribution in [0.4, 0.5) is 0 Å². The van der Waals surface area contributed by atoms with Crippen LogP contribution in [0.25, 0.3) is 5.69 Å². The Kier molecular flexibility index (Phi) is 4.39. The quantitative estimate of drug-likeness (QED) is 0.897. The maximum Gasteiger partial charge on any atom is 0.0995 e. The van der Waals surface area contributed by atoms with E-state index in [9.17, 15) is 0 Å². The van der Waals surface area contributed by atoms with Gasteiger partial charge in [0.15, 0.2) is 0 Å². The lowest BCUT2D eigenvalue weighted by atomic mass is 10.2. The summed E-state index contributed by atoms with van der Waals surface area (Å²) in [6, 6.07) is 7.74. The fraction of sp³-hybridized carbons (Fsp3) is 0.357. The molecule has 1 heterocycles. The summed E-state index contributed by atoms with van der Waals surface area (Å²) in [6.07, 6.45) is 3.84. The first-order valence-electron chi connectivity index (χ1n) is 6.14. The van der Waals surface area contributed by atoms with Gasteiger partial charge in [0, 0.05) is 23.5 Å². The Morgan fingerprint density at radius 3 is 2.94 bits per heavy atom. The van der Waals surface area contributed by atoms with E-state index in [1.165, 1.54) is 0 Å². The van der Waals surface area contributed by atoms with Crippen molar-refractivity contribution in [2.75, 3.05) is 6.54 Å². The summed E-state index contributed by atoms with van der Waals surface area (Å²) in [5, 5.41) is 4.11. The molecule has 2 rings (SSSR count). The SMILES string of the molecule is CC(C)CNCc1cn(-c2cccc(Cl)c2)cn1. The predicted octanol–water partition coefficient (Wildman–Crippen LogP) is 3.27. The molecule has 0 aliphatic rings. The van der Waals surface area contributed by atoms with Crippen LogP contribution in [0.3, 0.4) is 0 Å². The first kappa shape index (κ1) is 13.1. The molecule has 0 spiro atoms. The standard InChI is InChI=1S/C14H18ClN3/c1-11(2)7-16-8-13-9-18(10-17-13)14-5-3-4-12(15)6-14/h3-6,9-11,16H,7-8H2,1-2H3. The highest BCUT2D eigenvalue weighted by molar-refractivity contribution is 6.30. The van der Waals surface area contributed by atoms with Crippen molar-refractivity contribution in [1.29, 1.82) is 0 Å². The smallest absolute Gasteiger partial charge is 0.0995 e. The average molecular weight is 264 g/mol. The molecular weight excluding hydrogens is 246 g/mol. The Labute approximate surface area is 113 Å². The molecule has 0 fully saturated rings. The minimum atomic E-state index is 0.653. The van der Waals surface area contributed by atoms with Gasteiger partial charge in [-0.15, -0.1) is 0 Å². The third-order valence-corrected chi connectivity index (χ3v) is 2.84. The van der Waals surface area contributed by atoms with Gasteiger partial charge in [-0.1, -0.05) is 31.5 Å². The second kappa shape index (κ2) is 6.03. The molecule has 0 atom stereocenters. The van der Waals surface area contributed by atoms with Crippen LogP contribution < -0.4 is 5.32 Å². The highest BCUT2D eigenvalue weighted by atomic mass is 35.5. The number of nitrogens with zero attached hydrogens (tertiary/aromatic N) is 2. The molecule has 1 N–H and O–H groups in total. The molecule has 0 radical (unpaired) electrons. The summed E-state index contributed by atoms with van der Waals surface area (Å²) < 4.78 is 1.98. The molecule has 18 heavy (non-hydrogen) atoms. The van der Waals surface area contributed by atoms with Gasteiger partial charge in [-0.25, -0.2) is 4.98 Å². The van der Waals surface area contributed by atoms with Crippen LogP contribution >= 0.6 is 11.6 Å². The van der Waals surface area contributed by atoms with E-state index >= 15 is 0 Å². The number of halogens is 1. The molecule has 0 aliphatic carbocycles. The van der Waals surface area contributed by atoms with Gasteiger partial charge in [0.05, 0.1) is 12.0 Å². The molecular formula is C14H18ClN3. The largest absolute Gasteiger partial charge is 0.311 e. The van der Waals surface area contributed by atoms with E-state index in [4.69, 9.17) is 11.6 Å². The van der Waals surface area contributed by atoms with Gasteiger partial charge in [-0.3, -0.25) is 0 Å². The Morgan fingerprint density at radius 2 is 2.22 bits per heavy atom. The van der Waals surface area contributed by atoms with Crippen molar-refractivity contribution in [2.45, 2.75) is 20.4 Å². The van der Waals surface area contributed by atoms with Gasteiger partial charge in [0.25, 0.3) is 0 Å². The van der Waals surface area contributed by atoms with Gasteiger partial charge in [-0.05, 0) is 30.7 Å². The lowest BCUT2D eigenvalue weighted by Gasteiger charge is -2.05. The van der Waals surface area contributed by atoms with Gasteiger partial charge >= 0.3 is 0 Å². The van der Waals surface area contributed by atoms with Crippen molar-refractivity contribution in [2.24, 2.45) is 5.92 Å². The normalized spacial score (nSPS) is 11.1. The lowest BCUT2D eigenvalue weighted by Crippen LogP contribution is -2.19. The Morgan fingerprint density at radius 1 is 1.39 bits per heavy atom. The molecule has 0 saturated heterocycles. The van der Waals surface area contributed by atoms with E-state index in [1.807, 2.05) is 41.4 Å². The van der Waals surface area contributed by atoms with E-state index in [0.717, 1.165) is 29.5 Å². The minimum absolute atomic E-state index is 0.653. The third-order valence-electron chi connectivity index (χ3n) is 2.60. The van der Waals surface area contributed by atoms with Crippen molar-refractivity contribution in [1.82, 2.24) is 14.9 Å². The molecule has 3 nitrogen and oxygen atoms in total. The van der Waals surface area contributed by atoms with Crippen LogP contribution in [-0.4, -0.2) is 16.1 Å². The average Bonchev–Trinajstić information content (AvgIpc) is 2.77. The summed E-state index contributed by atoms with van der Waals surface area (Å²) >= 11 is 5.97. The van der Waals surface area contributed by atoms with Gasteiger partial charge in [-0.2, -0.15) is 0 Å². The predicted molar refractivity (Wildman–Crippen MR) is 75.1 cm³/mol. The van der Waals surface area contributed by atoms with Crippen molar-refractivity contribution in [3.63, 3.8) is 0 Å². The molecule has 0 bridgehead atoms. The molecule has 1 aromatic heterocycles. The summed E-state index contributed by atoms with van der Waals surface area (Å²) in [5.74, 6) is 0.653. The first-order valence-corrected chi connectivity index (χ1v) is 6.52. The van der Waals surface area contributed by atoms with E-state index in [-0.39, 0.29) is 0 Å². The summed E-state index contributed by atoms with van der Waals surface area (Å²) in [4.78, 5) is 4.38. The molecule has 96 valence electrons. The first-order chi connectivity index (χ1) is 8.65. The van der Waals surface area contributed by atoms with Crippen molar-refractivity contribution < 1.29 is 0 Å². The maximum absolute atomic E-state index is 5.97. The molecule has 1 aromatic carbocycles. The van der Waals surface area contributed by atoms with Crippen molar-refractivity contribution in [3.8, 4) is 5.69 Å².